The highest BCUT2D eigenvalue weighted by atomic mass is 35.5. The fourth-order valence-corrected chi connectivity index (χ4v) is 6.16. The van der Waals surface area contributed by atoms with E-state index >= 15 is 0 Å². The second-order valence-corrected chi connectivity index (χ2v) is 8.91. The first-order valence-corrected chi connectivity index (χ1v) is 9.59. The number of aromatic nitrogens is 2. The van der Waals surface area contributed by atoms with Crippen LogP contribution in [-0.4, -0.2) is 25.1 Å². The Hall–Kier alpha value is -0.580. The van der Waals surface area contributed by atoms with Crippen LogP contribution >= 0.6 is 35.1 Å². The van der Waals surface area contributed by atoms with Gasteiger partial charge in [-0.2, -0.15) is 0 Å². The third kappa shape index (κ3) is 3.99. The van der Waals surface area contributed by atoms with E-state index in [0.29, 0.717) is 0 Å². The molecule has 21 heavy (non-hydrogen) atoms. The summed E-state index contributed by atoms with van der Waals surface area (Å²) in [5.74, 6) is 2.51. The smallest absolute Gasteiger partial charge is 0.0946 e. The first-order chi connectivity index (χ1) is 10.3. The van der Waals surface area contributed by atoms with Crippen LogP contribution in [0, 0.1) is 0 Å². The maximum atomic E-state index is 6.30. The molecule has 1 aliphatic rings. The number of aryl methyl sites for hydroxylation is 1. The molecule has 2 aromatic rings. The molecule has 0 unspecified atom stereocenters. The van der Waals surface area contributed by atoms with Gasteiger partial charge in [-0.15, -0.1) is 23.5 Å². The summed E-state index contributed by atoms with van der Waals surface area (Å²) in [5.41, 5.74) is 1.26. The molecule has 2 heterocycles. The van der Waals surface area contributed by atoms with Gasteiger partial charge in [-0.05, 0) is 42.4 Å². The highest BCUT2D eigenvalue weighted by Crippen LogP contribution is 2.46. The molecule has 5 heteroatoms. The molecule has 1 aliphatic heterocycles. The van der Waals surface area contributed by atoms with Crippen molar-refractivity contribution in [3.63, 3.8) is 0 Å². The molecule has 0 radical (unpaired) electrons. The average molecular weight is 339 g/mol. The Kier molecular flexibility index (Phi) is 5.19. The lowest BCUT2D eigenvalue weighted by Crippen LogP contribution is -2.31. The number of imidazole rings is 1. The molecule has 0 N–H and O–H groups in total. The average Bonchev–Trinajstić information content (AvgIpc) is 3.00. The van der Waals surface area contributed by atoms with E-state index in [-0.39, 0.29) is 4.08 Å². The van der Waals surface area contributed by atoms with E-state index in [4.69, 9.17) is 11.6 Å². The predicted molar refractivity (Wildman–Crippen MR) is 94.3 cm³/mol. The summed E-state index contributed by atoms with van der Waals surface area (Å²) in [6, 6.07) is 8.20. The molecular formula is C16H19ClN2S2. The zero-order chi connectivity index (χ0) is 14.5. The summed E-state index contributed by atoms with van der Waals surface area (Å²) in [5, 5.41) is 0.890. The van der Waals surface area contributed by atoms with Gasteiger partial charge in [-0.1, -0.05) is 29.8 Å². The van der Waals surface area contributed by atoms with Crippen LogP contribution in [-0.2, 0) is 13.0 Å². The molecule has 0 atom stereocenters. The van der Waals surface area contributed by atoms with Crippen LogP contribution in [0.5, 0.6) is 0 Å². The Morgan fingerprint density at radius 2 is 2.05 bits per heavy atom. The molecule has 2 nitrogen and oxygen atoms in total. The van der Waals surface area contributed by atoms with Crippen LogP contribution in [0.15, 0.2) is 43.0 Å². The van der Waals surface area contributed by atoms with E-state index in [2.05, 4.69) is 51.4 Å². The van der Waals surface area contributed by atoms with Crippen molar-refractivity contribution < 1.29 is 0 Å². The molecule has 1 aromatic carbocycles. The van der Waals surface area contributed by atoms with E-state index in [1.165, 1.54) is 23.5 Å². The largest absolute Gasteiger partial charge is 0.335 e. The number of hydrogen-bond donors (Lipinski definition) is 0. The molecule has 0 bridgehead atoms. The van der Waals surface area contributed by atoms with E-state index in [1.807, 2.05) is 24.7 Å². The summed E-state index contributed by atoms with van der Waals surface area (Å²) < 4.78 is 2.45. The van der Waals surface area contributed by atoms with Gasteiger partial charge in [0.15, 0.2) is 0 Å². The standard InChI is InChI=1S/C16H19ClN2S2/c17-15-5-2-1-4-14(15)6-7-16(20-10-3-11-21-16)12-19-9-8-18-13-19/h1-2,4-5,8-9,13H,3,6-7,10-12H2. The van der Waals surface area contributed by atoms with Crippen LogP contribution in [0.25, 0.3) is 0 Å². The summed E-state index contributed by atoms with van der Waals surface area (Å²) in [7, 11) is 0. The molecule has 3 rings (SSSR count). The van der Waals surface area contributed by atoms with Crippen molar-refractivity contribution >= 4 is 35.1 Å². The Morgan fingerprint density at radius 1 is 1.24 bits per heavy atom. The van der Waals surface area contributed by atoms with Crippen molar-refractivity contribution in [2.75, 3.05) is 11.5 Å². The first kappa shape index (κ1) is 15.3. The number of hydrogen-bond acceptors (Lipinski definition) is 3. The zero-order valence-corrected chi connectivity index (χ0v) is 14.3. The molecular weight excluding hydrogens is 320 g/mol. The number of thioether (sulfide) groups is 2. The Morgan fingerprint density at radius 3 is 2.76 bits per heavy atom. The maximum absolute atomic E-state index is 6.30. The number of rotatable bonds is 5. The van der Waals surface area contributed by atoms with E-state index in [0.717, 1.165) is 24.4 Å². The molecule has 1 fully saturated rings. The van der Waals surface area contributed by atoms with Crippen molar-refractivity contribution in [3.8, 4) is 0 Å². The molecule has 0 aliphatic carbocycles. The van der Waals surface area contributed by atoms with Crippen LogP contribution in [0.1, 0.15) is 18.4 Å². The minimum Gasteiger partial charge on any atom is -0.335 e. The van der Waals surface area contributed by atoms with Crippen LogP contribution in [0.3, 0.4) is 0 Å². The van der Waals surface area contributed by atoms with Gasteiger partial charge >= 0.3 is 0 Å². The van der Waals surface area contributed by atoms with Crippen LogP contribution < -0.4 is 0 Å². The minimum absolute atomic E-state index is 0.248. The van der Waals surface area contributed by atoms with Crippen molar-refractivity contribution in [2.45, 2.75) is 29.9 Å². The third-order valence-corrected chi connectivity index (χ3v) is 7.51. The zero-order valence-electron chi connectivity index (χ0n) is 11.9. The third-order valence-electron chi connectivity index (χ3n) is 3.73. The predicted octanol–water partition coefficient (Wildman–Crippen LogP) is 4.74. The summed E-state index contributed by atoms with van der Waals surface area (Å²) >= 11 is 10.5. The summed E-state index contributed by atoms with van der Waals surface area (Å²) in [6.45, 7) is 1.02. The Balaban J connectivity index is 1.72. The second kappa shape index (κ2) is 7.12. The number of benzene rings is 1. The number of nitrogens with zero attached hydrogens (tertiary/aromatic N) is 2. The maximum Gasteiger partial charge on any atom is 0.0946 e. The monoisotopic (exact) mass is 338 g/mol. The van der Waals surface area contributed by atoms with Crippen molar-refractivity contribution in [3.05, 3.63) is 53.6 Å². The quantitative estimate of drug-likeness (QED) is 0.784. The van der Waals surface area contributed by atoms with Crippen molar-refractivity contribution in [1.29, 1.82) is 0 Å². The highest BCUT2D eigenvalue weighted by molar-refractivity contribution is 8.18. The van der Waals surface area contributed by atoms with Crippen LogP contribution in [0.2, 0.25) is 5.02 Å². The Labute approximate surface area is 139 Å². The van der Waals surface area contributed by atoms with E-state index < -0.39 is 0 Å². The van der Waals surface area contributed by atoms with Crippen molar-refractivity contribution in [1.82, 2.24) is 9.55 Å². The number of halogens is 1. The van der Waals surface area contributed by atoms with Gasteiger partial charge < -0.3 is 4.57 Å². The first-order valence-electron chi connectivity index (χ1n) is 7.24. The lowest BCUT2D eigenvalue weighted by molar-refractivity contribution is 0.586. The minimum atomic E-state index is 0.248. The van der Waals surface area contributed by atoms with Gasteiger partial charge in [0.25, 0.3) is 0 Å². The van der Waals surface area contributed by atoms with Gasteiger partial charge in [0, 0.05) is 24.0 Å². The Bertz CT molecular complexity index is 565. The van der Waals surface area contributed by atoms with Gasteiger partial charge in [0.1, 0.15) is 0 Å². The lowest BCUT2D eigenvalue weighted by Gasteiger charge is -2.36. The second-order valence-electron chi connectivity index (χ2n) is 5.29. The van der Waals surface area contributed by atoms with E-state index in [1.54, 1.807) is 0 Å². The fourth-order valence-electron chi connectivity index (χ4n) is 2.62. The van der Waals surface area contributed by atoms with Gasteiger partial charge in [-0.3, -0.25) is 0 Å². The molecule has 0 amide bonds. The van der Waals surface area contributed by atoms with Gasteiger partial charge in [0.05, 0.1) is 10.4 Å². The molecule has 1 saturated heterocycles. The fraction of sp³-hybridized carbons (Fsp3) is 0.438. The SMILES string of the molecule is Clc1ccccc1CCC1(Cn2ccnc2)SCCCS1. The topological polar surface area (TPSA) is 17.8 Å². The summed E-state index contributed by atoms with van der Waals surface area (Å²) in [6.07, 6.45) is 9.34. The van der Waals surface area contributed by atoms with Gasteiger partial charge in [0.2, 0.25) is 0 Å². The van der Waals surface area contributed by atoms with E-state index in [9.17, 15) is 0 Å². The molecule has 112 valence electrons. The van der Waals surface area contributed by atoms with Gasteiger partial charge in [-0.25, -0.2) is 4.98 Å². The molecule has 0 saturated carbocycles. The summed E-state index contributed by atoms with van der Waals surface area (Å²) in [4.78, 5) is 4.17. The lowest BCUT2D eigenvalue weighted by atomic mass is 10.1. The van der Waals surface area contributed by atoms with Crippen molar-refractivity contribution in [2.24, 2.45) is 0 Å². The molecule has 1 aromatic heterocycles. The normalized spacial score (nSPS) is 17.8. The highest BCUT2D eigenvalue weighted by Gasteiger charge is 2.33. The molecule has 0 spiro atoms. The van der Waals surface area contributed by atoms with Crippen LogP contribution in [0.4, 0.5) is 0 Å².